The normalized spacial score (nSPS) is 13.2. The number of amides is 2. The molecule has 8 heteroatoms. The first-order valence-electron chi connectivity index (χ1n) is 12.0. The summed E-state index contributed by atoms with van der Waals surface area (Å²) < 4.78 is 0. The molecule has 0 atom stereocenters. The van der Waals surface area contributed by atoms with Crippen LogP contribution in [-0.2, 0) is 9.59 Å². The number of nitrogens with one attached hydrogen (secondary N) is 3. The Morgan fingerprint density at radius 1 is 0.917 bits per heavy atom. The van der Waals surface area contributed by atoms with Crippen LogP contribution in [0.15, 0.2) is 67.4 Å². The highest BCUT2D eigenvalue weighted by Gasteiger charge is 2.19. The summed E-state index contributed by atoms with van der Waals surface area (Å²) in [5.74, 6) is 0.612. The average molecular weight is 485 g/mol. The molecule has 0 spiro atoms. The van der Waals surface area contributed by atoms with Crippen LogP contribution in [0.1, 0.15) is 18.1 Å². The molecule has 1 aliphatic heterocycles. The van der Waals surface area contributed by atoms with Crippen LogP contribution in [-0.4, -0.2) is 47.9 Å². The summed E-state index contributed by atoms with van der Waals surface area (Å²) in [4.78, 5) is 32.0. The molecule has 0 saturated carbocycles. The number of anilines is 6. The molecule has 8 nitrogen and oxygen atoms in total. The molecule has 0 aliphatic carbocycles. The SMILES string of the molecule is C=CC(=O)Nc1cccc(Nc2cc(Nc3ccc(N4CCN(C(C)=O)CC4)cc3C)ncc2C)c1. The van der Waals surface area contributed by atoms with Crippen molar-refractivity contribution >= 4 is 46.1 Å². The van der Waals surface area contributed by atoms with E-state index in [9.17, 15) is 9.59 Å². The third-order valence-electron chi connectivity index (χ3n) is 6.26. The number of hydrogen-bond donors (Lipinski definition) is 3. The van der Waals surface area contributed by atoms with Gasteiger partial charge >= 0.3 is 0 Å². The van der Waals surface area contributed by atoms with Crippen LogP contribution in [0.4, 0.5) is 34.3 Å². The van der Waals surface area contributed by atoms with Gasteiger partial charge in [0.2, 0.25) is 11.8 Å². The zero-order valence-corrected chi connectivity index (χ0v) is 21.0. The van der Waals surface area contributed by atoms with E-state index in [1.165, 1.54) is 6.08 Å². The van der Waals surface area contributed by atoms with Crippen molar-refractivity contribution in [1.82, 2.24) is 9.88 Å². The van der Waals surface area contributed by atoms with Crippen LogP contribution < -0.4 is 20.9 Å². The summed E-state index contributed by atoms with van der Waals surface area (Å²) in [6, 6.07) is 15.8. The lowest BCUT2D eigenvalue weighted by molar-refractivity contribution is -0.129. The van der Waals surface area contributed by atoms with Crippen molar-refractivity contribution in [2.45, 2.75) is 20.8 Å². The maximum atomic E-state index is 11.6. The molecule has 1 fully saturated rings. The van der Waals surface area contributed by atoms with Gasteiger partial charge in [-0.2, -0.15) is 0 Å². The fraction of sp³-hybridized carbons (Fsp3) is 0.250. The Morgan fingerprint density at radius 2 is 1.67 bits per heavy atom. The Balaban J connectivity index is 1.45. The van der Waals surface area contributed by atoms with Gasteiger partial charge in [-0.25, -0.2) is 4.98 Å². The van der Waals surface area contributed by atoms with Gasteiger partial charge in [-0.1, -0.05) is 12.6 Å². The van der Waals surface area contributed by atoms with Crippen molar-refractivity contribution in [2.24, 2.45) is 0 Å². The number of piperazine rings is 1. The van der Waals surface area contributed by atoms with E-state index in [-0.39, 0.29) is 11.8 Å². The average Bonchev–Trinajstić information content (AvgIpc) is 2.87. The molecule has 36 heavy (non-hydrogen) atoms. The number of hydrogen-bond acceptors (Lipinski definition) is 6. The summed E-state index contributed by atoms with van der Waals surface area (Å²) in [6.07, 6.45) is 3.07. The van der Waals surface area contributed by atoms with Crippen molar-refractivity contribution in [3.63, 3.8) is 0 Å². The number of nitrogens with zero attached hydrogens (tertiary/aromatic N) is 3. The Labute approximate surface area is 212 Å². The molecule has 4 rings (SSSR count). The van der Waals surface area contributed by atoms with Crippen molar-refractivity contribution in [2.75, 3.05) is 47.0 Å². The lowest BCUT2D eigenvalue weighted by Crippen LogP contribution is -2.48. The molecule has 2 heterocycles. The minimum Gasteiger partial charge on any atom is -0.368 e. The van der Waals surface area contributed by atoms with E-state index < -0.39 is 0 Å². The van der Waals surface area contributed by atoms with Crippen molar-refractivity contribution < 1.29 is 9.59 Å². The molecular formula is C28H32N6O2. The second kappa shape index (κ2) is 10.9. The minimum absolute atomic E-state index is 0.136. The maximum absolute atomic E-state index is 11.6. The third-order valence-corrected chi connectivity index (χ3v) is 6.26. The van der Waals surface area contributed by atoms with Crippen LogP contribution in [0.25, 0.3) is 0 Å². The molecule has 3 aromatic rings. The molecule has 1 aliphatic rings. The summed E-state index contributed by atoms with van der Waals surface area (Å²) in [7, 11) is 0. The highest BCUT2D eigenvalue weighted by molar-refractivity contribution is 5.99. The van der Waals surface area contributed by atoms with Crippen LogP contribution >= 0.6 is 0 Å². The molecule has 1 saturated heterocycles. The third kappa shape index (κ3) is 6.02. The highest BCUT2D eigenvalue weighted by Crippen LogP contribution is 2.29. The first-order valence-corrected chi connectivity index (χ1v) is 12.0. The summed E-state index contributed by atoms with van der Waals surface area (Å²) in [5, 5.41) is 9.62. The van der Waals surface area contributed by atoms with E-state index in [0.29, 0.717) is 5.69 Å². The van der Waals surface area contributed by atoms with Gasteiger partial charge in [-0.15, -0.1) is 0 Å². The second-order valence-electron chi connectivity index (χ2n) is 8.90. The predicted octanol–water partition coefficient (Wildman–Crippen LogP) is 4.98. The molecule has 2 aromatic carbocycles. The van der Waals surface area contributed by atoms with Crippen LogP contribution in [0, 0.1) is 13.8 Å². The molecule has 1 aromatic heterocycles. The highest BCUT2D eigenvalue weighted by atomic mass is 16.2. The second-order valence-corrected chi connectivity index (χ2v) is 8.90. The molecular weight excluding hydrogens is 452 g/mol. The molecule has 0 unspecified atom stereocenters. The lowest BCUT2D eigenvalue weighted by Gasteiger charge is -2.35. The molecule has 0 bridgehead atoms. The number of pyridine rings is 1. The number of benzene rings is 2. The number of aromatic nitrogens is 1. The van der Waals surface area contributed by atoms with E-state index in [1.54, 1.807) is 6.92 Å². The van der Waals surface area contributed by atoms with E-state index in [0.717, 1.165) is 65.9 Å². The number of rotatable bonds is 7. The fourth-order valence-electron chi connectivity index (χ4n) is 4.15. The van der Waals surface area contributed by atoms with Gasteiger partial charge in [0.05, 0.1) is 0 Å². The largest absolute Gasteiger partial charge is 0.368 e. The van der Waals surface area contributed by atoms with Gasteiger partial charge in [0, 0.05) is 73.8 Å². The lowest BCUT2D eigenvalue weighted by atomic mass is 10.1. The predicted molar refractivity (Wildman–Crippen MR) is 146 cm³/mol. The van der Waals surface area contributed by atoms with Gasteiger partial charge in [0.25, 0.3) is 0 Å². The number of carbonyl (C=O) groups is 2. The molecule has 3 N–H and O–H groups in total. The Bertz CT molecular complexity index is 1280. The molecule has 2 amide bonds. The van der Waals surface area contributed by atoms with E-state index in [4.69, 9.17) is 0 Å². The first-order chi connectivity index (χ1) is 17.3. The standard InChI is InChI=1S/C28H32N6O2/c1-5-28(36)31-23-8-6-7-22(16-23)30-26-17-27(29-18-20(26)3)32-25-10-9-24(15-19(25)2)34-13-11-33(12-14-34)21(4)35/h5-10,15-18H,1,11-14H2,2-4H3,(H,31,36)(H2,29,30,32). The van der Waals surface area contributed by atoms with Gasteiger partial charge in [-0.3, -0.25) is 9.59 Å². The smallest absolute Gasteiger partial charge is 0.247 e. The van der Waals surface area contributed by atoms with Gasteiger partial charge in [0.15, 0.2) is 0 Å². The zero-order chi connectivity index (χ0) is 25.7. The van der Waals surface area contributed by atoms with Gasteiger partial charge < -0.3 is 25.8 Å². The van der Waals surface area contributed by atoms with Crippen molar-refractivity contribution in [3.8, 4) is 0 Å². The van der Waals surface area contributed by atoms with Crippen molar-refractivity contribution in [3.05, 3.63) is 78.5 Å². The Hall–Kier alpha value is -4.33. The van der Waals surface area contributed by atoms with Gasteiger partial charge in [-0.05, 0) is 67.4 Å². The van der Waals surface area contributed by atoms with Crippen LogP contribution in [0.3, 0.4) is 0 Å². The van der Waals surface area contributed by atoms with E-state index in [1.807, 2.05) is 48.4 Å². The fourth-order valence-corrected chi connectivity index (χ4v) is 4.15. The van der Waals surface area contributed by atoms with Crippen LogP contribution in [0.2, 0.25) is 0 Å². The van der Waals surface area contributed by atoms with E-state index in [2.05, 4.69) is 57.5 Å². The summed E-state index contributed by atoms with van der Waals surface area (Å²) in [5.41, 5.74) is 6.71. The number of aryl methyl sites for hydroxylation is 2. The maximum Gasteiger partial charge on any atom is 0.247 e. The monoisotopic (exact) mass is 484 g/mol. The topological polar surface area (TPSA) is 89.6 Å². The van der Waals surface area contributed by atoms with Gasteiger partial charge in [0.1, 0.15) is 5.82 Å². The van der Waals surface area contributed by atoms with E-state index >= 15 is 0 Å². The zero-order valence-electron chi connectivity index (χ0n) is 21.0. The molecule has 186 valence electrons. The quantitative estimate of drug-likeness (QED) is 0.410. The number of carbonyl (C=O) groups excluding carboxylic acids is 2. The molecule has 0 radical (unpaired) electrons. The van der Waals surface area contributed by atoms with Crippen molar-refractivity contribution in [1.29, 1.82) is 0 Å². The Morgan fingerprint density at radius 3 is 2.36 bits per heavy atom. The first kappa shape index (κ1) is 24.8. The Kier molecular flexibility index (Phi) is 7.53. The minimum atomic E-state index is -0.251. The summed E-state index contributed by atoms with van der Waals surface area (Å²) in [6.45, 7) is 12.4. The summed E-state index contributed by atoms with van der Waals surface area (Å²) >= 11 is 0. The van der Waals surface area contributed by atoms with Crippen LogP contribution in [0.5, 0.6) is 0 Å².